The van der Waals surface area contributed by atoms with E-state index in [1.807, 2.05) is 6.92 Å². The van der Waals surface area contributed by atoms with Crippen molar-refractivity contribution in [1.29, 1.82) is 0 Å². The molecule has 0 aliphatic carbocycles. The van der Waals surface area contributed by atoms with Crippen LogP contribution >= 0.6 is 15.9 Å². The van der Waals surface area contributed by atoms with Crippen molar-refractivity contribution in [2.45, 2.75) is 26.3 Å². The van der Waals surface area contributed by atoms with Crippen LogP contribution in [0, 0.1) is 0 Å². The van der Waals surface area contributed by atoms with Crippen LogP contribution in [0.1, 0.15) is 24.2 Å². The van der Waals surface area contributed by atoms with Gasteiger partial charge in [0.1, 0.15) is 0 Å². The standard InChI is InChI=1S/C13H14BrN3O/c1-2-12-15-13(18-16-12)8-17-6-5-9-7-10(14)3-4-11(9)17/h3-4,7H,2,5-6,8H2,1H3. The molecule has 94 valence electrons. The van der Waals surface area contributed by atoms with Gasteiger partial charge in [0.2, 0.25) is 5.89 Å². The molecule has 5 heteroatoms. The molecule has 4 nitrogen and oxygen atoms in total. The monoisotopic (exact) mass is 307 g/mol. The van der Waals surface area contributed by atoms with Crippen LogP contribution in [0.2, 0.25) is 0 Å². The van der Waals surface area contributed by atoms with E-state index >= 15 is 0 Å². The summed E-state index contributed by atoms with van der Waals surface area (Å²) in [5.41, 5.74) is 2.65. The van der Waals surface area contributed by atoms with E-state index in [9.17, 15) is 0 Å². The van der Waals surface area contributed by atoms with Crippen LogP contribution < -0.4 is 4.90 Å². The van der Waals surface area contributed by atoms with Gasteiger partial charge >= 0.3 is 0 Å². The molecule has 0 saturated heterocycles. The first kappa shape index (κ1) is 11.7. The summed E-state index contributed by atoms with van der Waals surface area (Å²) >= 11 is 3.50. The topological polar surface area (TPSA) is 42.2 Å². The number of fused-ring (bicyclic) bond motifs is 1. The Labute approximate surface area is 114 Å². The highest BCUT2D eigenvalue weighted by Crippen LogP contribution is 2.31. The van der Waals surface area contributed by atoms with Crippen LogP contribution in [0.5, 0.6) is 0 Å². The summed E-state index contributed by atoms with van der Waals surface area (Å²) < 4.78 is 6.38. The number of halogens is 1. The fourth-order valence-corrected chi connectivity index (χ4v) is 2.67. The van der Waals surface area contributed by atoms with Crippen LogP contribution in [0.15, 0.2) is 27.2 Å². The molecule has 2 aromatic rings. The summed E-state index contributed by atoms with van der Waals surface area (Å²) in [4.78, 5) is 6.64. The van der Waals surface area contributed by atoms with Gasteiger partial charge in [-0.2, -0.15) is 4.98 Å². The van der Waals surface area contributed by atoms with E-state index < -0.39 is 0 Å². The zero-order chi connectivity index (χ0) is 12.5. The Balaban J connectivity index is 1.80. The van der Waals surface area contributed by atoms with Gasteiger partial charge in [0, 0.05) is 23.1 Å². The Kier molecular flexibility index (Phi) is 3.07. The summed E-state index contributed by atoms with van der Waals surface area (Å²) in [5.74, 6) is 1.47. The van der Waals surface area contributed by atoms with E-state index in [4.69, 9.17) is 4.52 Å². The van der Waals surface area contributed by atoms with Crippen molar-refractivity contribution in [1.82, 2.24) is 10.1 Å². The van der Waals surface area contributed by atoms with Crippen molar-refractivity contribution in [2.24, 2.45) is 0 Å². The lowest BCUT2D eigenvalue weighted by Crippen LogP contribution is -2.19. The summed E-state index contributed by atoms with van der Waals surface area (Å²) in [6.07, 6.45) is 1.89. The smallest absolute Gasteiger partial charge is 0.246 e. The molecule has 3 rings (SSSR count). The number of hydrogen-bond acceptors (Lipinski definition) is 4. The predicted octanol–water partition coefficient (Wildman–Crippen LogP) is 2.96. The van der Waals surface area contributed by atoms with Gasteiger partial charge in [-0.25, -0.2) is 0 Å². The summed E-state index contributed by atoms with van der Waals surface area (Å²) in [7, 11) is 0. The highest BCUT2D eigenvalue weighted by molar-refractivity contribution is 9.10. The Hall–Kier alpha value is -1.36. The molecule has 0 radical (unpaired) electrons. The first-order valence-corrected chi connectivity index (χ1v) is 6.90. The van der Waals surface area contributed by atoms with Crippen LogP contribution in [-0.4, -0.2) is 16.7 Å². The summed E-state index contributed by atoms with van der Waals surface area (Å²) in [6.45, 7) is 3.73. The summed E-state index contributed by atoms with van der Waals surface area (Å²) in [5, 5.41) is 3.93. The molecule has 0 fully saturated rings. The fourth-order valence-electron chi connectivity index (χ4n) is 2.26. The van der Waals surface area contributed by atoms with Gasteiger partial charge in [0.25, 0.3) is 0 Å². The van der Waals surface area contributed by atoms with Gasteiger partial charge in [-0.1, -0.05) is 28.0 Å². The maximum absolute atomic E-state index is 5.24. The van der Waals surface area contributed by atoms with Crippen molar-refractivity contribution < 1.29 is 4.52 Å². The average Bonchev–Trinajstić information content (AvgIpc) is 2.97. The number of rotatable bonds is 3. The molecule has 1 aromatic carbocycles. The van der Waals surface area contributed by atoms with E-state index in [1.165, 1.54) is 11.3 Å². The van der Waals surface area contributed by atoms with Crippen LogP contribution in [0.3, 0.4) is 0 Å². The lowest BCUT2D eigenvalue weighted by Gasteiger charge is -2.16. The highest BCUT2D eigenvalue weighted by atomic mass is 79.9. The Morgan fingerprint density at radius 2 is 2.33 bits per heavy atom. The molecule has 18 heavy (non-hydrogen) atoms. The molecule has 0 bridgehead atoms. The minimum absolute atomic E-state index is 0.696. The molecular formula is C13H14BrN3O. The maximum Gasteiger partial charge on any atom is 0.246 e. The molecule has 0 unspecified atom stereocenters. The largest absolute Gasteiger partial charge is 0.362 e. The van der Waals surface area contributed by atoms with Crippen molar-refractivity contribution in [3.63, 3.8) is 0 Å². The van der Waals surface area contributed by atoms with Gasteiger partial charge in [-0.3, -0.25) is 0 Å². The van der Waals surface area contributed by atoms with Crippen LogP contribution in [0.4, 0.5) is 5.69 Å². The molecule has 0 spiro atoms. The van der Waals surface area contributed by atoms with E-state index in [2.05, 4.69) is 49.2 Å². The molecule has 0 saturated carbocycles. The number of aromatic nitrogens is 2. The van der Waals surface area contributed by atoms with E-state index in [0.717, 1.165) is 29.7 Å². The van der Waals surface area contributed by atoms with E-state index in [1.54, 1.807) is 0 Å². The highest BCUT2D eigenvalue weighted by Gasteiger charge is 2.21. The Bertz CT molecular complexity index is 567. The molecule has 0 amide bonds. The van der Waals surface area contributed by atoms with Gasteiger partial charge in [0.05, 0.1) is 6.54 Å². The molecule has 1 aliphatic heterocycles. The van der Waals surface area contributed by atoms with E-state index in [-0.39, 0.29) is 0 Å². The summed E-state index contributed by atoms with van der Waals surface area (Å²) in [6, 6.07) is 6.40. The predicted molar refractivity (Wildman–Crippen MR) is 72.6 cm³/mol. The number of nitrogens with zero attached hydrogens (tertiary/aromatic N) is 3. The van der Waals surface area contributed by atoms with Crippen LogP contribution in [-0.2, 0) is 19.4 Å². The average molecular weight is 308 g/mol. The normalized spacial score (nSPS) is 14.0. The SMILES string of the molecule is CCc1noc(CN2CCc3cc(Br)ccc32)n1. The molecular weight excluding hydrogens is 294 g/mol. The number of anilines is 1. The zero-order valence-electron chi connectivity index (χ0n) is 10.2. The molecule has 0 N–H and O–H groups in total. The third-order valence-corrected chi connectivity index (χ3v) is 3.68. The first-order valence-electron chi connectivity index (χ1n) is 6.11. The third kappa shape index (κ3) is 2.14. The number of hydrogen-bond donors (Lipinski definition) is 0. The minimum atomic E-state index is 0.696. The fraction of sp³-hybridized carbons (Fsp3) is 0.385. The second kappa shape index (κ2) is 4.72. The minimum Gasteiger partial charge on any atom is -0.362 e. The lowest BCUT2D eigenvalue weighted by atomic mass is 10.2. The quantitative estimate of drug-likeness (QED) is 0.874. The number of aryl methyl sites for hydroxylation is 1. The Morgan fingerprint density at radius 1 is 1.44 bits per heavy atom. The lowest BCUT2D eigenvalue weighted by molar-refractivity contribution is 0.372. The zero-order valence-corrected chi connectivity index (χ0v) is 11.8. The van der Waals surface area contributed by atoms with Gasteiger partial charge in [-0.15, -0.1) is 0 Å². The van der Waals surface area contributed by atoms with Gasteiger partial charge in [-0.05, 0) is 30.2 Å². The van der Waals surface area contributed by atoms with Gasteiger partial charge in [0.15, 0.2) is 5.82 Å². The van der Waals surface area contributed by atoms with Crippen molar-refractivity contribution in [3.05, 3.63) is 40.0 Å². The van der Waals surface area contributed by atoms with Gasteiger partial charge < -0.3 is 9.42 Å². The maximum atomic E-state index is 5.24. The van der Waals surface area contributed by atoms with Crippen molar-refractivity contribution in [3.8, 4) is 0 Å². The molecule has 1 aliphatic rings. The molecule has 1 aromatic heterocycles. The van der Waals surface area contributed by atoms with Crippen molar-refractivity contribution in [2.75, 3.05) is 11.4 Å². The molecule has 2 heterocycles. The Morgan fingerprint density at radius 3 is 3.11 bits per heavy atom. The van der Waals surface area contributed by atoms with Crippen molar-refractivity contribution >= 4 is 21.6 Å². The van der Waals surface area contributed by atoms with Crippen LogP contribution in [0.25, 0.3) is 0 Å². The molecule has 0 atom stereocenters. The van der Waals surface area contributed by atoms with E-state index in [0.29, 0.717) is 12.4 Å². The first-order chi connectivity index (χ1) is 8.76. The number of benzene rings is 1. The second-order valence-electron chi connectivity index (χ2n) is 4.40. The second-order valence-corrected chi connectivity index (χ2v) is 5.32. The third-order valence-electron chi connectivity index (χ3n) is 3.19.